The van der Waals surface area contributed by atoms with E-state index in [9.17, 15) is 18.5 Å². The first-order valence-electron chi connectivity index (χ1n) is 15.9. The minimum atomic E-state index is -3.59. The third-order valence-electron chi connectivity index (χ3n) is 10.00. The second-order valence-corrected chi connectivity index (χ2v) is 15.1. The highest BCUT2D eigenvalue weighted by atomic mass is 32.2. The van der Waals surface area contributed by atoms with Gasteiger partial charge in [0.15, 0.2) is 33.1 Å². The van der Waals surface area contributed by atoms with E-state index >= 15 is 17.6 Å². The van der Waals surface area contributed by atoms with E-state index < -0.39 is 43.3 Å². The molecule has 11 heteroatoms. The SMILES string of the molecule is NC1CC=C(c2cc3c(c(F)c2F)-c2c(cc(CCCCC4CCC(S(=O)(=O)c5ccc([N+](=O)[O-])cc5)CC4)c(F)c2F)C3)CC1. The van der Waals surface area contributed by atoms with Gasteiger partial charge in [-0.05, 0) is 111 Å². The molecule has 0 bridgehead atoms. The third-order valence-corrected chi connectivity index (χ3v) is 12.3. The maximum Gasteiger partial charge on any atom is 0.269 e. The fourth-order valence-electron chi connectivity index (χ4n) is 7.38. The number of hydrogen-bond donors (Lipinski definition) is 1. The normalized spacial score (nSPS) is 21.1. The van der Waals surface area contributed by atoms with Crippen molar-refractivity contribution < 1.29 is 30.9 Å². The summed E-state index contributed by atoms with van der Waals surface area (Å²) in [5, 5.41) is 10.3. The van der Waals surface area contributed by atoms with Crippen molar-refractivity contribution >= 4 is 21.1 Å². The fraction of sp³-hybridized carbons (Fsp3) is 0.429. The Bertz CT molecular complexity index is 1820. The number of nitrogens with zero attached hydrogens (tertiary/aromatic N) is 1. The Morgan fingerprint density at radius 2 is 1.50 bits per heavy atom. The predicted molar refractivity (Wildman–Crippen MR) is 168 cm³/mol. The number of non-ortho nitro benzene ring substituents is 1. The molecule has 6 nitrogen and oxygen atoms in total. The van der Waals surface area contributed by atoms with Gasteiger partial charge in [0.25, 0.3) is 5.69 Å². The molecule has 0 spiro atoms. The van der Waals surface area contributed by atoms with Gasteiger partial charge in [-0.2, -0.15) is 0 Å². The second kappa shape index (κ2) is 12.9. The fourth-order valence-corrected chi connectivity index (χ4v) is 9.18. The Kier molecular flexibility index (Phi) is 9.08. The number of allylic oxidation sites excluding steroid dienone is 1. The van der Waals surface area contributed by atoms with Crippen molar-refractivity contribution in [3.63, 3.8) is 0 Å². The van der Waals surface area contributed by atoms with Crippen LogP contribution in [0.4, 0.5) is 23.2 Å². The van der Waals surface area contributed by atoms with Gasteiger partial charge in [-0.25, -0.2) is 26.0 Å². The lowest BCUT2D eigenvalue weighted by Crippen LogP contribution is -2.27. The Morgan fingerprint density at radius 3 is 2.13 bits per heavy atom. The quantitative estimate of drug-likeness (QED) is 0.0844. The van der Waals surface area contributed by atoms with Crippen LogP contribution in [0.5, 0.6) is 0 Å². The minimum absolute atomic E-state index is 0.0130. The van der Waals surface area contributed by atoms with Crippen LogP contribution in [0.3, 0.4) is 0 Å². The van der Waals surface area contributed by atoms with Gasteiger partial charge in [0.2, 0.25) is 0 Å². The van der Waals surface area contributed by atoms with E-state index in [1.165, 1.54) is 24.3 Å². The summed E-state index contributed by atoms with van der Waals surface area (Å²) >= 11 is 0. The molecule has 0 saturated heterocycles. The molecule has 46 heavy (non-hydrogen) atoms. The summed E-state index contributed by atoms with van der Waals surface area (Å²) in [6.07, 6.45) is 8.73. The second-order valence-electron chi connectivity index (χ2n) is 12.9. The van der Waals surface area contributed by atoms with E-state index in [1.807, 2.05) is 6.08 Å². The number of halogens is 4. The first kappa shape index (κ1) is 32.4. The van der Waals surface area contributed by atoms with Gasteiger partial charge in [0, 0.05) is 34.9 Å². The van der Waals surface area contributed by atoms with Gasteiger partial charge < -0.3 is 5.73 Å². The van der Waals surface area contributed by atoms with Crippen LogP contribution >= 0.6 is 0 Å². The number of unbranched alkanes of at least 4 members (excludes halogenated alkanes) is 1. The summed E-state index contributed by atoms with van der Waals surface area (Å²) in [5.74, 6) is -4.05. The van der Waals surface area contributed by atoms with Crippen LogP contribution in [0.2, 0.25) is 0 Å². The molecule has 2 N–H and O–H groups in total. The molecular formula is C35H36F4N2O4S. The van der Waals surface area contributed by atoms with Gasteiger partial charge in [0.05, 0.1) is 15.1 Å². The zero-order chi connectivity index (χ0) is 32.7. The minimum Gasteiger partial charge on any atom is -0.327 e. The molecule has 1 atom stereocenters. The molecule has 0 aliphatic heterocycles. The van der Waals surface area contributed by atoms with Crippen LogP contribution in [0.15, 0.2) is 47.4 Å². The van der Waals surface area contributed by atoms with E-state index in [0.717, 1.165) is 25.7 Å². The lowest BCUT2D eigenvalue weighted by molar-refractivity contribution is -0.384. The molecule has 244 valence electrons. The number of aryl methyl sites for hydroxylation is 1. The average Bonchev–Trinajstić information content (AvgIpc) is 3.42. The molecule has 3 aliphatic rings. The number of hydrogen-bond acceptors (Lipinski definition) is 5. The first-order chi connectivity index (χ1) is 22.0. The summed E-state index contributed by atoms with van der Waals surface area (Å²) in [4.78, 5) is 10.4. The number of fused-ring (bicyclic) bond motifs is 3. The van der Waals surface area contributed by atoms with Crippen LogP contribution in [-0.4, -0.2) is 24.6 Å². The maximum absolute atomic E-state index is 15.4. The molecule has 1 unspecified atom stereocenters. The van der Waals surface area contributed by atoms with Crippen LogP contribution in [-0.2, 0) is 22.7 Å². The highest BCUT2D eigenvalue weighted by molar-refractivity contribution is 7.92. The van der Waals surface area contributed by atoms with E-state index in [4.69, 9.17) is 5.73 Å². The highest BCUT2D eigenvalue weighted by Crippen LogP contribution is 2.45. The Morgan fingerprint density at radius 1 is 0.848 bits per heavy atom. The molecule has 0 aromatic heterocycles. The standard InChI is InChI=1S/C35H36F4N2O4S/c36-32-22(4-2-1-3-20-5-13-27(14-6-20)46(44,45)28-15-11-26(12-16-28)41(42)43)17-23-18-24-19-29(21-7-9-25(40)10-8-21)33(37)35(39)31(24)30(23)34(32)38/h7,11-12,15-17,19-20,25,27H,1-6,8-10,13-14,18,40H2. The lowest BCUT2D eigenvalue weighted by atomic mass is 9.85. The monoisotopic (exact) mass is 656 g/mol. The summed E-state index contributed by atoms with van der Waals surface area (Å²) < 4.78 is 87.3. The summed E-state index contributed by atoms with van der Waals surface area (Å²) in [7, 11) is -3.59. The van der Waals surface area contributed by atoms with Crippen molar-refractivity contribution in [1.29, 1.82) is 0 Å². The zero-order valence-corrected chi connectivity index (χ0v) is 26.2. The molecule has 3 aliphatic carbocycles. The summed E-state index contributed by atoms with van der Waals surface area (Å²) in [6, 6.07) is 8.12. The van der Waals surface area contributed by atoms with Crippen molar-refractivity contribution in [1.82, 2.24) is 0 Å². The Hall–Kier alpha value is -3.57. The smallest absolute Gasteiger partial charge is 0.269 e. The third kappa shape index (κ3) is 6.11. The summed E-state index contributed by atoms with van der Waals surface area (Å²) in [6.45, 7) is 0. The molecular weight excluding hydrogens is 620 g/mol. The van der Waals surface area contributed by atoms with Gasteiger partial charge in [0.1, 0.15) is 0 Å². The van der Waals surface area contributed by atoms with Crippen LogP contribution in [0.1, 0.15) is 86.5 Å². The lowest BCUT2D eigenvalue weighted by Gasteiger charge is -2.28. The first-order valence-corrected chi connectivity index (χ1v) is 17.4. The van der Waals surface area contributed by atoms with Gasteiger partial charge >= 0.3 is 0 Å². The molecule has 0 amide bonds. The molecule has 0 radical (unpaired) electrons. The van der Waals surface area contributed by atoms with E-state index in [0.29, 0.717) is 67.6 Å². The average molecular weight is 657 g/mol. The van der Waals surface area contributed by atoms with E-state index in [1.54, 1.807) is 12.1 Å². The van der Waals surface area contributed by atoms with Crippen molar-refractivity contribution in [2.24, 2.45) is 11.7 Å². The maximum atomic E-state index is 15.4. The predicted octanol–water partition coefficient (Wildman–Crippen LogP) is 8.36. The molecule has 1 saturated carbocycles. The molecule has 3 aromatic carbocycles. The number of benzene rings is 3. The van der Waals surface area contributed by atoms with Crippen molar-refractivity contribution in [3.8, 4) is 11.1 Å². The van der Waals surface area contributed by atoms with Crippen molar-refractivity contribution in [2.75, 3.05) is 0 Å². The molecule has 3 aromatic rings. The topological polar surface area (TPSA) is 103 Å². The van der Waals surface area contributed by atoms with E-state index in [2.05, 4.69) is 0 Å². The van der Waals surface area contributed by atoms with Gasteiger partial charge in [-0.1, -0.05) is 25.0 Å². The van der Waals surface area contributed by atoms with Crippen molar-refractivity contribution in [2.45, 2.75) is 93.2 Å². The molecule has 0 heterocycles. The highest BCUT2D eigenvalue weighted by Gasteiger charge is 2.34. The van der Waals surface area contributed by atoms with Crippen LogP contribution in [0.25, 0.3) is 16.7 Å². The largest absolute Gasteiger partial charge is 0.327 e. The number of nitro benzene ring substituents is 1. The van der Waals surface area contributed by atoms with E-state index in [-0.39, 0.29) is 45.3 Å². The number of nitro groups is 1. The van der Waals surface area contributed by atoms with Crippen LogP contribution in [0, 0.1) is 39.3 Å². The number of nitrogens with two attached hydrogens (primary N) is 1. The molecule has 1 fully saturated rings. The van der Waals surface area contributed by atoms with Gasteiger partial charge in [-0.15, -0.1) is 0 Å². The Balaban J connectivity index is 1.05. The van der Waals surface area contributed by atoms with Gasteiger partial charge in [-0.3, -0.25) is 10.1 Å². The number of sulfone groups is 1. The molecule has 6 rings (SSSR count). The summed E-state index contributed by atoms with van der Waals surface area (Å²) in [5.41, 5.74) is 7.35. The Labute approximate surface area is 265 Å². The zero-order valence-electron chi connectivity index (χ0n) is 25.3. The number of rotatable bonds is 9. The van der Waals surface area contributed by atoms with Crippen molar-refractivity contribution in [3.05, 3.63) is 98.1 Å². The van der Waals surface area contributed by atoms with Crippen LogP contribution < -0.4 is 5.73 Å².